The Balaban J connectivity index is 1.47. The Morgan fingerprint density at radius 2 is 2.04 bits per heavy atom. The number of ether oxygens (including phenoxy) is 1. The van der Waals surface area contributed by atoms with E-state index >= 15 is 0 Å². The van der Waals surface area contributed by atoms with Crippen LogP contribution >= 0.6 is 0 Å². The van der Waals surface area contributed by atoms with Gasteiger partial charge in [0.2, 0.25) is 0 Å². The lowest BCUT2D eigenvalue weighted by molar-refractivity contribution is -0.274. The molecular weight excluding hydrogens is 373 g/mol. The maximum absolute atomic E-state index is 12.7. The van der Waals surface area contributed by atoms with Gasteiger partial charge in [-0.15, -0.1) is 13.2 Å². The highest BCUT2D eigenvalue weighted by Crippen LogP contribution is 2.47. The Labute approximate surface area is 159 Å². The van der Waals surface area contributed by atoms with Crippen LogP contribution in [0.1, 0.15) is 41.3 Å². The molecule has 5 nitrogen and oxygen atoms in total. The van der Waals surface area contributed by atoms with Crippen molar-refractivity contribution in [3.05, 3.63) is 53.6 Å². The predicted octanol–water partition coefficient (Wildman–Crippen LogP) is 5.06. The summed E-state index contributed by atoms with van der Waals surface area (Å²) in [5.41, 5.74) is 0.672. The van der Waals surface area contributed by atoms with Gasteiger partial charge in [0.1, 0.15) is 23.0 Å². The molecule has 0 aliphatic heterocycles. The minimum absolute atomic E-state index is 0.282. The largest absolute Gasteiger partial charge is 0.573 e. The summed E-state index contributed by atoms with van der Waals surface area (Å²) in [6.45, 7) is 2.47. The molecule has 148 valence electrons. The van der Waals surface area contributed by atoms with Gasteiger partial charge >= 0.3 is 6.36 Å². The van der Waals surface area contributed by atoms with Crippen LogP contribution in [0, 0.1) is 5.92 Å². The zero-order chi connectivity index (χ0) is 20.1. The van der Waals surface area contributed by atoms with E-state index in [-0.39, 0.29) is 17.4 Å². The van der Waals surface area contributed by atoms with E-state index in [0.717, 1.165) is 12.2 Å². The van der Waals surface area contributed by atoms with Gasteiger partial charge in [-0.1, -0.05) is 6.92 Å². The molecule has 3 aromatic rings. The normalized spacial score (nSPS) is 19.0. The van der Waals surface area contributed by atoms with Crippen LogP contribution in [0.25, 0.3) is 10.9 Å². The molecule has 1 fully saturated rings. The lowest BCUT2D eigenvalue weighted by Crippen LogP contribution is -2.26. The van der Waals surface area contributed by atoms with Gasteiger partial charge in [-0.05, 0) is 42.7 Å². The van der Waals surface area contributed by atoms with Gasteiger partial charge in [0.15, 0.2) is 0 Å². The second-order valence-electron chi connectivity index (χ2n) is 7.26. The van der Waals surface area contributed by atoms with Gasteiger partial charge in [-0.25, -0.2) is 0 Å². The van der Waals surface area contributed by atoms with E-state index in [2.05, 4.69) is 16.6 Å². The Morgan fingerprint density at radius 3 is 2.71 bits per heavy atom. The van der Waals surface area contributed by atoms with Gasteiger partial charge < -0.3 is 19.0 Å². The minimum Gasteiger partial charge on any atom is -0.464 e. The molecule has 0 saturated heterocycles. The quantitative estimate of drug-likeness (QED) is 0.661. The van der Waals surface area contributed by atoms with Crippen molar-refractivity contribution in [2.45, 2.75) is 32.2 Å². The SMILES string of the molecule is CC1CC1c1ccc(CN(C)C(=O)c2cc3ccc(OC(F)(F)F)cc3[nH]2)o1. The molecule has 8 heteroatoms. The number of H-pyrrole nitrogens is 1. The number of carbonyl (C=O) groups is 1. The Morgan fingerprint density at radius 1 is 1.29 bits per heavy atom. The average Bonchev–Trinajstić information content (AvgIpc) is 3.02. The fraction of sp³-hybridized carbons (Fsp3) is 0.350. The monoisotopic (exact) mass is 392 g/mol. The molecule has 1 aliphatic carbocycles. The first-order valence-electron chi connectivity index (χ1n) is 8.92. The van der Waals surface area contributed by atoms with Gasteiger partial charge in [0, 0.05) is 29.9 Å². The molecule has 0 spiro atoms. The number of aromatic nitrogens is 1. The van der Waals surface area contributed by atoms with Crippen molar-refractivity contribution in [3.63, 3.8) is 0 Å². The van der Waals surface area contributed by atoms with Crippen LogP contribution in [0.2, 0.25) is 0 Å². The fourth-order valence-corrected chi connectivity index (χ4v) is 3.33. The molecule has 1 N–H and O–H groups in total. The number of hydrogen-bond acceptors (Lipinski definition) is 3. The van der Waals surface area contributed by atoms with Crippen molar-refractivity contribution in [3.8, 4) is 5.75 Å². The van der Waals surface area contributed by atoms with Gasteiger partial charge in [-0.2, -0.15) is 0 Å². The van der Waals surface area contributed by atoms with Gasteiger partial charge in [0.05, 0.1) is 6.54 Å². The molecule has 0 radical (unpaired) electrons. The molecule has 2 heterocycles. The molecule has 1 amide bonds. The number of benzene rings is 1. The van der Waals surface area contributed by atoms with Crippen LogP contribution in [-0.4, -0.2) is 29.2 Å². The summed E-state index contributed by atoms with van der Waals surface area (Å²) in [6.07, 6.45) is -3.64. The lowest BCUT2D eigenvalue weighted by Gasteiger charge is -2.14. The third-order valence-electron chi connectivity index (χ3n) is 4.95. The van der Waals surface area contributed by atoms with Crippen molar-refractivity contribution < 1.29 is 27.1 Å². The molecule has 2 atom stereocenters. The number of alkyl halides is 3. The van der Waals surface area contributed by atoms with E-state index in [1.54, 1.807) is 13.1 Å². The number of furan rings is 1. The maximum atomic E-state index is 12.7. The zero-order valence-corrected chi connectivity index (χ0v) is 15.3. The van der Waals surface area contributed by atoms with E-state index < -0.39 is 6.36 Å². The summed E-state index contributed by atoms with van der Waals surface area (Å²) in [7, 11) is 1.65. The first-order chi connectivity index (χ1) is 13.2. The zero-order valence-electron chi connectivity index (χ0n) is 15.3. The molecule has 0 bridgehead atoms. The summed E-state index contributed by atoms with van der Waals surface area (Å²) in [4.78, 5) is 17.0. The third-order valence-corrected chi connectivity index (χ3v) is 4.95. The molecule has 2 aromatic heterocycles. The van der Waals surface area contributed by atoms with Crippen LogP contribution in [0.5, 0.6) is 5.75 Å². The molecule has 1 saturated carbocycles. The van der Waals surface area contributed by atoms with Crippen molar-refractivity contribution in [2.24, 2.45) is 5.92 Å². The smallest absolute Gasteiger partial charge is 0.464 e. The second-order valence-corrected chi connectivity index (χ2v) is 7.26. The van der Waals surface area contributed by atoms with E-state index in [1.165, 1.54) is 23.1 Å². The second kappa shape index (κ2) is 6.61. The summed E-state index contributed by atoms with van der Waals surface area (Å²) in [5, 5.41) is 0.620. The number of hydrogen-bond donors (Lipinski definition) is 1. The summed E-state index contributed by atoms with van der Waals surface area (Å²) >= 11 is 0. The number of fused-ring (bicyclic) bond motifs is 1. The number of halogens is 3. The van der Waals surface area contributed by atoms with Crippen molar-refractivity contribution in [1.29, 1.82) is 0 Å². The number of carbonyl (C=O) groups excluding carboxylic acids is 1. The Kier molecular flexibility index (Phi) is 4.36. The molecule has 28 heavy (non-hydrogen) atoms. The summed E-state index contributed by atoms with van der Waals surface area (Å²) < 4.78 is 46.8. The predicted molar refractivity (Wildman–Crippen MR) is 96.0 cm³/mol. The topological polar surface area (TPSA) is 58.5 Å². The van der Waals surface area contributed by atoms with Crippen molar-refractivity contribution >= 4 is 16.8 Å². The molecule has 4 rings (SSSR count). The highest BCUT2D eigenvalue weighted by molar-refractivity contribution is 5.98. The number of amides is 1. The average molecular weight is 392 g/mol. The lowest BCUT2D eigenvalue weighted by atomic mass is 10.2. The maximum Gasteiger partial charge on any atom is 0.573 e. The highest BCUT2D eigenvalue weighted by Gasteiger charge is 2.36. The Hall–Kier alpha value is -2.90. The van der Waals surface area contributed by atoms with E-state index in [4.69, 9.17) is 4.42 Å². The number of aromatic amines is 1. The molecule has 2 unspecified atom stereocenters. The van der Waals surface area contributed by atoms with Gasteiger partial charge in [-0.3, -0.25) is 4.79 Å². The summed E-state index contributed by atoms with van der Waals surface area (Å²) in [5.74, 6) is 2.12. The van der Waals surface area contributed by atoms with Crippen molar-refractivity contribution in [2.75, 3.05) is 7.05 Å². The van der Waals surface area contributed by atoms with Gasteiger partial charge in [0.25, 0.3) is 5.91 Å². The van der Waals surface area contributed by atoms with Crippen LogP contribution < -0.4 is 4.74 Å². The molecule has 1 aliphatic rings. The minimum atomic E-state index is -4.76. The highest BCUT2D eigenvalue weighted by atomic mass is 19.4. The summed E-state index contributed by atoms with van der Waals surface area (Å²) in [6, 6.07) is 9.33. The fourth-order valence-electron chi connectivity index (χ4n) is 3.33. The standard InChI is InChI=1S/C20H19F3N2O3/c1-11-7-15(11)18-6-5-14(27-18)10-25(2)19(26)17-8-12-3-4-13(9-16(12)24-17)28-20(21,22)23/h3-6,8-9,11,15,24H,7,10H2,1-2H3. The first kappa shape index (κ1) is 18.5. The number of nitrogens with one attached hydrogen (secondary N) is 1. The van der Waals surface area contributed by atoms with Crippen LogP contribution in [0.3, 0.4) is 0 Å². The van der Waals surface area contributed by atoms with Crippen LogP contribution in [0.4, 0.5) is 13.2 Å². The Bertz CT molecular complexity index is 1020. The van der Waals surface area contributed by atoms with E-state index in [9.17, 15) is 18.0 Å². The number of nitrogens with zero attached hydrogens (tertiary/aromatic N) is 1. The number of rotatable bonds is 5. The van der Waals surface area contributed by atoms with E-state index in [0.29, 0.717) is 35.0 Å². The third kappa shape index (κ3) is 3.85. The first-order valence-corrected chi connectivity index (χ1v) is 8.92. The molecule has 1 aromatic carbocycles. The van der Waals surface area contributed by atoms with E-state index in [1.807, 2.05) is 12.1 Å². The van der Waals surface area contributed by atoms with Crippen LogP contribution in [-0.2, 0) is 6.54 Å². The van der Waals surface area contributed by atoms with Crippen molar-refractivity contribution in [1.82, 2.24) is 9.88 Å². The molecular formula is C20H19F3N2O3. The van der Waals surface area contributed by atoms with Crippen LogP contribution in [0.15, 0.2) is 40.8 Å².